The van der Waals surface area contributed by atoms with Crippen LogP contribution in [-0.4, -0.2) is 42.3 Å². The highest BCUT2D eigenvalue weighted by Gasteiger charge is 2.23. The molecular formula is C15H24BNO3. The van der Waals surface area contributed by atoms with Gasteiger partial charge in [-0.25, -0.2) is 0 Å². The predicted octanol–water partition coefficient (Wildman–Crippen LogP) is 0.853. The second kappa shape index (κ2) is 6.61. The van der Waals surface area contributed by atoms with Crippen molar-refractivity contribution in [2.75, 3.05) is 20.2 Å². The predicted molar refractivity (Wildman–Crippen MR) is 81.0 cm³/mol. The fourth-order valence-electron chi connectivity index (χ4n) is 3.24. The number of likely N-dealkylation sites (tertiary alicyclic amines) is 1. The molecule has 4 nitrogen and oxygen atoms in total. The van der Waals surface area contributed by atoms with E-state index in [1.54, 1.807) is 19.2 Å². The highest BCUT2D eigenvalue weighted by atomic mass is 16.5. The molecule has 2 atom stereocenters. The Balaban J connectivity index is 2.16. The third-order valence-corrected chi connectivity index (χ3v) is 3.94. The molecule has 1 fully saturated rings. The number of methoxy groups -OCH3 is 1. The maximum absolute atomic E-state index is 9.30. The highest BCUT2D eigenvalue weighted by molar-refractivity contribution is 6.58. The first-order valence-electron chi connectivity index (χ1n) is 7.25. The van der Waals surface area contributed by atoms with Crippen LogP contribution in [-0.2, 0) is 6.54 Å². The lowest BCUT2D eigenvalue weighted by Gasteiger charge is -2.35. The van der Waals surface area contributed by atoms with Crippen LogP contribution in [0.15, 0.2) is 18.2 Å². The van der Waals surface area contributed by atoms with E-state index in [0.717, 1.165) is 30.9 Å². The second-order valence-electron chi connectivity index (χ2n) is 6.09. The molecule has 0 bridgehead atoms. The molecule has 110 valence electrons. The maximum atomic E-state index is 9.30. The first kappa shape index (κ1) is 15.4. The summed E-state index contributed by atoms with van der Waals surface area (Å²) in [6.07, 6.45) is 1.28. The first-order valence-corrected chi connectivity index (χ1v) is 7.25. The van der Waals surface area contributed by atoms with Crippen LogP contribution >= 0.6 is 0 Å². The SMILES string of the molecule is COc1ccc(B(O)O)cc1CN1CC(C)CC(C)C1. The normalized spacial score (nSPS) is 23.6. The lowest BCUT2D eigenvalue weighted by atomic mass is 9.79. The van der Waals surface area contributed by atoms with E-state index in [-0.39, 0.29) is 0 Å². The molecule has 5 heteroatoms. The van der Waals surface area contributed by atoms with E-state index in [0.29, 0.717) is 17.3 Å². The van der Waals surface area contributed by atoms with E-state index >= 15 is 0 Å². The minimum absolute atomic E-state index is 0.513. The highest BCUT2D eigenvalue weighted by Crippen LogP contribution is 2.25. The number of hydrogen-bond acceptors (Lipinski definition) is 4. The van der Waals surface area contributed by atoms with Gasteiger partial charge in [0.1, 0.15) is 5.75 Å². The Morgan fingerprint density at radius 1 is 1.25 bits per heavy atom. The van der Waals surface area contributed by atoms with Gasteiger partial charge in [-0.05, 0) is 29.8 Å². The van der Waals surface area contributed by atoms with Gasteiger partial charge < -0.3 is 14.8 Å². The minimum atomic E-state index is -1.43. The molecule has 1 heterocycles. The summed E-state index contributed by atoms with van der Waals surface area (Å²) in [5.41, 5.74) is 1.53. The monoisotopic (exact) mass is 277 g/mol. The summed E-state index contributed by atoms with van der Waals surface area (Å²) in [4.78, 5) is 2.42. The molecule has 2 rings (SSSR count). The van der Waals surface area contributed by atoms with E-state index in [1.807, 2.05) is 6.07 Å². The standard InChI is InChI=1S/C15H24BNO3/c1-11-6-12(2)9-17(8-11)10-13-7-14(16(18)19)4-5-15(13)20-3/h4-5,7,11-12,18-19H,6,8-10H2,1-3H3. The van der Waals surface area contributed by atoms with Crippen molar-refractivity contribution in [1.82, 2.24) is 4.90 Å². The molecule has 1 saturated heterocycles. The molecule has 0 aromatic heterocycles. The number of ether oxygens (including phenoxy) is 1. The van der Waals surface area contributed by atoms with Crippen LogP contribution in [0.3, 0.4) is 0 Å². The summed E-state index contributed by atoms with van der Waals surface area (Å²) in [6, 6.07) is 5.32. The molecule has 1 aliphatic heterocycles. The molecule has 1 aliphatic rings. The van der Waals surface area contributed by atoms with Crippen molar-refractivity contribution in [2.45, 2.75) is 26.8 Å². The molecular weight excluding hydrogens is 253 g/mol. The van der Waals surface area contributed by atoms with Gasteiger partial charge in [-0.15, -0.1) is 0 Å². The Kier molecular flexibility index (Phi) is 5.08. The van der Waals surface area contributed by atoms with Gasteiger partial charge in [0.05, 0.1) is 7.11 Å². The van der Waals surface area contributed by atoms with Gasteiger partial charge in [-0.2, -0.15) is 0 Å². The zero-order valence-electron chi connectivity index (χ0n) is 12.5. The quantitative estimate of drug-likeness (QED) is 0.801. The molecule has 1 aromatic carbocycles. The lowest BCUT2D eigenvalue weighted by Crippen LogP contribution is -2.38. The third-order valence-electron chi connectivity index (χ3n) is 3.94. The van der Waals surface area contributed by atoms with Crippen LogP contribution in [0.5, 0.6) is 5.75 Å². The van der Waals surface area contributed by atoms with Crippen molar-refractivity contribution in [3.05, 3.63) is 23.8 Å². The molecule has 0 aliphatic carbocycles. The molecule has 0 spiro atoms. The zero-order chi connectivity index (χ0) is 14.7. The summed E-state index contributed by atoms with van der Waals surface area (Å²) in [7, 11) is 0.217. The largest absolute Gasteiger partial charge is 0.496 e. The van der Waals surface area contributed by atoms with E-state index < -0.39 is 7.12 Å². The van der Waals surface area contributed by atoms with Crippen LogP contribution in [0.25, 0.3) is 0 Å². The average Bonchev–Trinajstić information content (AvgIpc) is 2.37. The minimum Gasteiger partial charge on any atom is -0.496 e. The Morgan fingerprint density at radius 3 is 2.45 bits per heavy atom. The van der Waals surface area contributed by atoms with Gasteiger partial charge in [0.15, 0.2) is 0 Å². The summed E-state index contributed by atoms with van der Waals surface area (Å²) < 4.78 is 5.39. The zero-order valence-corrected chi connectivity index (χ0v) is 12.5. The molecule has 0 saturated carbocycles. The van der Waals surface area contributed by atoms with Crippen molar-refractivity contribution in [3.63, 3.8) is 0 Å². The van der Waals surface area contributed by atoms with Crippen LogP contribution < -0.4 is 10.2 Å². The average molecular weight is 277 g/mol. The topological polar surface area (TPSA) is 52.9 Å². The number of hydrogen-bond donors (Lipinski definition) is 2. The number of nitrogens with zero attached hydrogens (tertiary/aromatic N) is 1. The van der Waals surface area contributed by atoms with E-state index in [1.165, 1.54) is 6.42 Å². The van der Waals surface area contributed by atoms with Crippen LogP contribution in [0, 0.1) is 11.8 Å². The molecule has 2 unspecified atom stereocenters. The number of benzene rings is 1. The summed E-state index contributed by atoms with van der Waals surface area (Å²) in [6.45, 7) is 7.53. The first-order chi connectivity index (χ1) is 9.49. The Morgan fingerprint density at radius 2 is 1.90 bits per heavy atom. The van der Waals surface area contributed by atoms with Gasteiger partial charge in [-0.3, -0.25) is 4.90 Å². The summed E-state index contributed by atoms with van der Waals surface area (Å²) in [5, 5.41) is 18.6. The van der Waals surface area contributed by atoms with Crippen molar-refractivity contribution < 1.29 is 14.8 Å². The van der Waals surface area contributed by atoms with Crippen molar-refractivity contribution in [3.8, 4) is 5.75 Å². The van der Waals surface area contributed by atoms with E-state index in [9.17, 15) is 10.0 Å². The van der Waals surface area contributed by atoms with Gasteiger partial charge in [0.2, 0.25) is 0 Å². The molecule has 1 aromatic rings. The molecule has 0 radical (unpaired) electrons. The van der Waals surface area contributed by atoms with Gasteiger partial charge in [0.25, 0.3) is 0 Å². The van der Waals surface area contributed by atoms with Gasteiger partial charge in [0, 0.05) is 25.2 Å². The number of rotatable bonds is 4. The van der Waals surface area contributed by atoms with Crippen molar-refractivity contribution in [1.29, 1.82) is 0 Å². The smallest absolute Gasteiger partial charge is 0.488 e. The van der Waals surface area contributed by atoms with E-state index in [2.05, 4.69) is 18.7 Å². The van der Waals surface area contributed by atoms with Crippen LogP contribution in [0.1, 0.15) is 25.8 Å². The number of piperidine rings is 1. The lowest BCUT2D eigenvalue weighted by molar-refractivity contribution is 0.133. The Bertz CT molecular complexity index is 443. The molecule has 20 heavy (non-hydrogen) atoms. The third kappa shape index (κ3) is 3.75. The Labute approximate surface area is 121 Å². The van der Waals surface area contributed by atoms with Gasteiger partial charge in [-0.1, -0.05) is 26.0 Å². The maximum Gasteiger partial charge on any atom is 0.488 e. The summed E-state index contributed by atoms with van der Waals surface area (Å²) >= 11 is 0. The summed E-state index contributed by atoms with van der Waals surface area (Å²) in [5.74, 6) is 2.22. The molecule has 2 N–H and O–H groups in total. The van der Waals surface area contributed by atoms with Crippen molar-refractivity contribution >= 4 is 12.6 Å². The van der Waals surface area contributed by atoms with Gasteiger partial charge >= 0.3 is 7.12 Å². The fourth-order valence-corrected chi connectivity index (χ4v) is 3.24. The van der Waals surface area contributed by atoms with E-state index in [4.69, 9.17) is 4.74 Å². The fraction of sp³-hybridized carbons (Fsp3) is 0.600. The Hall–Kier alpha value is -1.04. The van der Waals surface area contributed by atoms with Crippen LogP contribution in [0.2, 0.25) is 0 Å². The molecule has 0 amide bonds. The van der Waals surface area contributed by atoms with Crippen molar-refractivity contribution in [2.24, 2.45) is 11.8 Å². The second-order valence-corrected chi connectivity index (χ2v) is 6.09. The van der Waals surface area contributed by atoms with Crippen LogP contribution in [0.4, 0.5) is 0 Å².